The summed E-state index contributed by atoms with van der Waals surface area (Å²) in [5.41, 5.74) is 4.02. The van der Waals surface area contributed by atoms with Crippen LogP contribution in [0.2, 0.25) is 5.02 Å². The molecule has 2 aromatic carbocycles. The molecular formula is C23H27ClN2O4. The SMILES string of the molecule is Cc1ccc(OCC(=O)CC2CCN(NC(=O)COc3ccc(Cl)cc3)CC2)cc1. The molecule has 6 nitrogen and oxygen atoms in total. The molecule has 0 aromatic heterocycles. The Labute approximate surface area is 182 Å². The lowest BCUT2D eigenvalue weighted by molar-refractivity contribution is -0.129. The van der Waals surface area contributed by atoms with Crippen LogP contribution in [0.15, 0.2) is 48.5 Å². The van der Waals surface area contributed by atoms with E-state index in [-0.39, 0.29) is 24.9 Å². The lowest BCUT2D eigenvalue weighted by Gasteiger charge is -2.31. The number of nitrogens with zero attached hydrogens (tertiary/aromatic N) is 1. The maximum atomic E-state index is 12.2. The molecule has 0 bridgehead atoms. The average Bonchev–Trinajstić information content (AvgIpc) is 2.74. The molecule has 1 amide bonds. The summed E-state index contributed by atoms with van der Waals surface area (Å²) in [5.74, 6) is 1.53. The van der Waals surface area contributed by atoms with E-state index in [0.717, 1.165) is 18.4 Å². The second-order valence-electron chi connectivity index (χ2n) is 7.55. The zero-order chi connectivity index (χ0) is 21.3. The molecular weight excluding hydrogens is 404 g/mol. The van der Waals surface area contributed by atoms with E-state index >= 15 is 0 Å². The number of piperidine rings is 1. The van der Waals surface area contributed by atoms with Crippen molar-refractivity contribution in [1.29, 1.82) is 0 Å². The number of carbonyl (C=O) groups excluding carboxylic acids is 2. The standard InChI is InChI=1S/C23H27ClN2O4/c1-17-2-6-21(7-3-17)29-15-20(27)14-18-10-12-26(13-11-18)25-23(28)16-30-22-8-4-19(24)5-9-22/h2-9,18H,10-16H2,1H3,(H,25,28). The molecule has 30 heavy (non-hydrogen) atoms. The van der Waals surface area contributed by atoms with E-state index in [0.29, 0.717) is 41.9 Å². The van der Waals surface area contributed by atoms with Gasteiger partial charge in [0.2, 0.25) is 0 Å². The highest BCUT2D eigenvalue weighted by atomic mass is 35.5. The van der Waals surface area contributed by atoms with Crippen molar-refractivity contribution in [3.05, 3.63) is 59.1 Å². The Bertz CT molecular complexity index is 760. The number of hydrogen-bond donors (Lipinski definition) is 1. The Morgan fingerprint density at radius 3 is 2.17 bits per heavy atom. The molecule has 2 aromatic rings. The molecule has 1 fully saturated rings. The first-order valence-electron chi connectivity index (χ1n) is 10.1. The average molecular weight is 431 g/mol. The van der Waals surface area contributed by atoms with E-state index in [2.05, 4.69) is 5.43 Å². The van der Waals surface area contributed by atoms with Gasteiger partial charge < -0.3 is 9.47 Å². The summed E-state index contributed by atoms with van der Waals surface area (Å²) < 4.78 is 11.0. The number of rotatable bonds is 9. The van der Waals surface area contributed by atoms with Crippen molar-refractivity contribution in [2.24, 2.45) is 5.92 Å². The molecule has 0 aliphatic carbocycles. The minimum atomic E-state index is -0.203. The third-order valence-corrected chi connectivity index (χ3v) is 5.27. The van der Waals surface area contributed by atoms with Crippen molar-refractivity contribution in [2.45, 2.75) is 26.2 Å². The molecule has 0 spiro atoms. The van der Waals surface area contributed by atoms with Gasteiger partial charge in [0.15, 0.2) is 12.4 Å². The van der Waals surface area contributed by atoms with Crippen molar-refractivity contribution in [1.82, 2.24) is 10.4 Å². The molecule has 1 aliphatic heterocycles. The van der Waals surface area contributed by atoms with E-state index in [1.54, 1.807) is 24.3 Å². The first-order valence-corrected chi connectivity index (χ1v) is 10.5. The van der Waals surface area contributed by atoms with Crippen molar-refractivity contribution < 1.29 is 19.1 Å². The Balaban J connectivity index is 1.31. The van der Waals surface area contributed by atoms with Gasteiger partial charge in [-0.3, -0.25) is 15.0 Å². The van der Waals surface area contributed by atoms with Crippen LogP contribution in [0.4, 0.5) is 0 Å². The second kappa shape index (κ2) is 11.0. The zero-order valence-corrected chi connectivity index (χ0v) is 17.9. The minimum Gasteiger partial charge on any atom is -0.486 e. The normalized spacial score (nSPS) is 14.9. The first-order chi connectivity index (χ1) is 14.5. The maximum Gasteiger partial charge on any atom is 0.272 e. The number of nitrogens with one attached hydrogen (secondary N) is 1. The molecule has 3 rings (SSSR count). The van der Waals surface area contributed by atoms with Crippen LogP contribution in [0.3, 0.4) is 0 Å². The highest BCUT2D eigenvalue weighted by Crippen LogP contribution is 2.20. The number of amides is 1. The summed E-state index contributed by atoms with van der Waals surface area (Å²) in [5, 5.41) is 2.51. The quantitative estimate of drug-likeness (QED) is 0.655. The third-order valence-electron chi connectivity index (χ3n) is 5.02. The van der Waals surface area contributed by atoms with Crippen molar-refractivity contribution in [2.75, 3.05) is 26.3 Å². The fourth-order valence-corrected chi connectivity index (χ4v) is 3.44. The van der Waals surface area contributed by atoms with E-state index in [9.17, 15) is 9.59 Å². The largest absolute Gasteiger partial charge is 0.486 e. The summed E-state index contributed by atoms with van der Waals surface area (Å²) in [6.07, 6.45) is 2.22. The molecule has 160 valence electrons. The van der Waals surface area contributed by atoms with Crippen molar-refractivity contribution in [3.63, 3.8) is 0 Å². The summed E-state index contributed by atoms with van der Waals surface area (Å²) >= 11 is 5.83. The van der Waals surface area contributed by atoms with E-state index < -0.39 is 0 Å². The molecule has 0 saturated carbocycles. The topological polar surface area (TPSA) is 67.9 Å². The number of ketones is 1. The van der Waals surface area contributed by atoms with Gasteiger partial charge in [0.25, 0.3) is 5.91 Å². The lowest BCUT2D eigenvalue weighted by atomic mass is 9.92. The van der Waals surface area contributed by atoms with Gasteiger partial charge in [-0.1, -0.05) is 29.3 Å². The predicted octanol–water partition coefficient (Wildman–Crippen LogP) is 3.81. The number of aryl methyl sites for hydroxylation is 1. The summed E-state index contributed by atoms with van der Waals surface area (Å²) in [7, 11) is 0. The van der Waals surface area contributed by atoms with Gasteiger partial charge in [-0.25, -0.2) is 5.01 Å². The van der Waals surface area contributed by atoms with Crippen LogP contribution in [0.1, 0.15) is 24.8 Å². The number of carbonyl (C=O) groups is 2. The van der Waals surface area contributed by atoms with Crippen LogP contribution in [0.25, 0.3) is 0 Å². The highest BCUT2D eigenvalue weighted by Gasteiger charge is 2.22. The monoisotopic (exact) mass is 430 g/mol. The van der Waals surface area contributed by atoms with Gasteiger partial charge >= 0.3 is 0 Å². The van der Waals surface area contributed by atoms with Gasteiger partial charge in [0.1, 0.15) is 18.1 Å². The Kier molecular flexibility index (Phi) is 8.11. The third kappa shape index (κ3) is 7.35. The second-order valence-corrected chi connectivity index (χ2v) is 7.99. The lowest BCUT2D eigenvalue weighted by Crippen LogP contribution is -2.48. The summed E-state index contributed by atoms with van der Waals surface area (Å²) in [6.45, 7) is 3.47. The fraction of sp³-hybridized carbons (Fsp3) is 0.391. The number of Topliss-reactive ketones (excluding diaryl/α,β-unsaturated/α-hetero) is 1. The van der Waals surface area contributed by atoms with Crippen molar-refractivity contribution >= 4 is 23.3 Å². The van der Waals surface area contributed by atoms with Gasteiger partial charge in [-0.2, -0.15) is 0 Å². The van der Waals surface area contributed by atoms with Crippen LogP contribution in [-0.2, 0) is 9.59 Å². The Morgan fingerprint density at radius 1 is 0.967 bits per heavy atom. The molecule has 0 radical (unpaired) electrons. The number of hydrazine groups is 1. The van der Waals surface area contributed by atoms with Crippen molar-refractivity contribution in [3.8, 4) is 11.5 Å². The Hall–Kier alpha value is -2.57. The van der Waals surface area contributed by atoms with Gasteiger partial charge in [-0.15, -0.1) is 0 Å². The molecule has 1 heterocycles. The number of hydrogen-bond acceptors (Lipinski definition) is 5. The molecule has 1 aliphatic rings. The zero-order valence-electron chi connectivity index (χ0n) is 17.1. The predicted molar refractivity (Wildman–Crippen MR) is 116 cm³/mol. The van der Waals surface area contributed by atoms with Crippen LogP contribution < -0.4 is 14.9 Å². The van der Waals surface area contributed by atoms with E-state index in [1.165, 1.54) is 0 Å². The summed E-state index contributed by atoms with van der Waals surface area (Å²) in [4.78, 5) is 24.3. The minimum absolute atomic E-state index is 0.0591. The van der Waals surface area contributed by atoms with Gasteiger partial charge in [0, 0.05) is 24.5 Å². The fourth-order valence-electron chi connectivity index (χ4n) is 3.32. The molecule has 7 heteroatoms. The van der Waals surface area contributed by atoms with Crippen LogP contribution in [-0.4, -0.2) is 43.0 Å². The maximum absolute atomic E-state index is 12.2. The van der Waals surface area contributed by atoms with E-state index in [1.807, 2.05) is 36.2 Å². The number of benzene rings is 2. The molecule has 1 saturated heterocycles. The first kappa shape index (κ1) is 22.1. The van der Waals surface area contributed by atoms with Gasteiger partial charge in [-0.05, 0) is 62.1 Å². The number of ether oxygens (including phenoxy) is 2. The summed E-state index contributed by atoms with van der Waals surface area (Å²) in [6, 6.07) is 14.6. The highest BCUT2D eigenvalue weighted by molar-refractivity contribution is 6.30. The van der Waals surface area contributed by atoms with Gasteiger partial charge in [0.05, 0.1) is 0 Å². The smallest absolute Gasteiger partial charge is 0.272 e. The van der Waals surface area contributed by atoms with Crippen LogP contribution in [0, 0.1) is 12.8 Å². The van der Waals surface area contributed by atoms with E-state index in [4.69, 9.17) is 21.1 Å². The molecule has 0 unspecified atom stereocenters. The van der Waals surface area contributed by atoms with Crippen LogP contribution >= 0.6 is 11.6 Å². The number of halogens is 1. The molecule has 1 N–H and O–H groups in total. The van der Waals surface area contributed by atoms with Crippen LogP contribution in [0.5, 0.6) is 11.5 Å². The molecule has 0 atom stereocenters. The Morgan fingerprint density at radius 2 is 1.53 bits per heavy atom.